The SMILES string of the molecule is CC(C)CNCC1(CCS(C)(=O)=O)CCOC1. The fraction of sp³-hybridized carbons (Fsp3) is 1.00. The number of hydrogen-bond acceptors (Lipinski definition) is 4. The first-order chi connectivity index (χ1) is 7.83. The van der Waals surface area contributed by atoms with Gasteiger partial charge in [-0.15, -0.1) is 0 Å². The largest absolute Gasteiger partial charge is 0.381 e. The molecule has 0 amide bonds. The molecular formula is C12H25NO3S. The smallest absolute Gasteiger partial charge is 0.147 e. The molecule has 0 spiro atoms. The van der Waals surface area contributed by atoms with Crippen LogP contribution in [0, 0.1) is 11.3 Å². The van der Waals surface area contributed by atoms with Crippen molar-refractivity contribution in [2.24, 2.45) is 11.3 Å². The summed E-state index contributed by atoms with van der Waals surface area (Å²) in [5, 5.41) is 3.43. The van der Waals surface area contributed by atoms with E-state index in [-0.39, 0.29) is 11.2 Å². The molecule has 1 aliphatic rings. The van der Waals surface area contributed by atoms with E-state index >= 15 is 0 Å². The Bertz CT molecular complexity index is 319. The maximum atomic E-state index is 11.3. The van der Waals surface area contributed by atoms with Crippen LogP contribution in [0.2, 0.25) is 0 Å². The number of sulfone groups is 1. The summed E-state index contributed by atoms with van der Waals surface area (Å²) >= 11 is 0. The van der Waals surface area contributed by atoms with Crippen molar-refractivity contribution in [3.63, 3.8) is 0 Å². The predicted octanol–water partition coefficient (Wildman–Crippen LogP) is 1.07. The minimum absolute atomic E-state index is 0.0258. The third kappa shape index (κ3) is 5.84. The van der Waals surface area contributed by atoms with Crippen molar-refractivity contribution >= 4 is 9.84 Å². The number of hydrogen-bond donors (Lipinski definition) is 1. The molecule has 0 aromatic rings. The van der Waals surface area contributed by atoms with Crippen molar-refractivity contribution in [2.75, 3.05) is 38.3 Å². The highest BCUT2D eigenvalue weighted by molar-refractivity contribution is 7.90. The molecule has 0 radical (unpaired) electrons. The topological polar surface area (TPSA) is 55.4 Å². The molecule has 1 fully saturated rings. The summed E-state index contributed by atoms with van der Waals surface area (Å²) in [6.45, 7) is 7.62. The Morgan fingerprint density at radius 1 is 1.41 bits per heavy atom. The van der Waals surface area contributed by atoms with E-state index in [0.29, 0.717) is 18.9 Å². The summed E-state index contributed by atoms with van der Waals surface area (Å²) in [5.41, 5.74) is 0.0258. The molecule has 1 unspecified atom stereocenters. The van der Waals surface area contributed by atoms with E-state index in [0.717, 1.165) is 26.1 Å². The first-order valence-corrected chi connectivity index (χ1v) is 8.35. The van der Waals surface area contributed by atoms with Gasteiger partial charge in [0.2, 0.25) is 0 Å². The van der Waals surface area contributed by atoms with Crippen LogP contribution in [0.3, 0.4) is 0 Å². The average Bonchev–Trinajstić information content (AvgIpc) is 2.63. The van der Waals surface area contributed by atoms with E-state index in [4.69, 9.17) is 4.74 Å². The van der Waals surface area contributed by atoms with Gasteiger partial charge in [0.1, 0.15) is 9.84 Å². The molecule has 0 aromatic carbocycles. The number of rotatable bonds is 7. The van der Waals surface area contributed by atoms with Crippen LogP contribution in [0.5, 0.6) is 0 Å². The second-order valence-corrected chi connectivity index (χ2v) is 7.97. The van der Waals surface area contributed by atoms with Gasteiger partial charge in [-0.05, 0) is 25.3 Å². The van der Waals surface area contributed by atoms with E-state index in [2.05, 4.69) is 19.2 Å². The van der Waals surface area contributed by atoms with E-state index in [1.165, 1.54) is 6.26 Å². The molecular weight excluding hydrogens is 238 g/mol. The van der Waals surface area contributed by atoms with Gasteiger partial charge in [-0.25, -0.2) is 8.42 Å². The summed E-state index contributed by atoms with van der Waals surface area (Å²) in [6.07, 6.45) is 2.97. The van der Waals surface area contributed by atoms with Crippen molar-refractivity contribution in [2.45, 2.75) is 26.7 Å². The molecule has 0 aromatic heterocycles. The molecule has 4 nitrogen and oxygen atoms in total. The van der Waals surface area contributed by atoms with Crippen LogP contribution >= 0.6 is 0 Å². The lowest BCUT2D eigenvalue weighted by Crippen LogP contribution is -2.37. The number of nitrogens with one attached hydrogen (secondary N) is 1. The summed E-state index contributed by atoms with van der Waals surface area (Å²) in [5.74, 6) is 0.879. The lowest BCUT2D eigenvalue weighted by Gasteiger charge is -2.28. The molecule has 17 heavy (non-hydrogen) atoms. The summed E-state index contributed by atoms with van der Waals surface area (Å²) < 4.78 is 28.0. The predicted molar refractivity (Wildman–Crippen MR) is 69.9 cm³/mol. The van der Waals surface area contributed by atoms with Crippen LogP contribution in [0.1, 0.15) is 26.7 Å². The van der Waals surface area contributed by atoms with Gasteiger partial charge in [0.15, 0.2) is 0 Å². The van der Waals surface area contributed by atoms with Gasteiger partial charge < -0.3 is 10.1 Å². The highest BCUT2D eigenvalue weighted by Gasteiger charge is 2.35. The van der Waals surface area contributed by atoms with Gasteiger partial charge in [0.05, 0.1) is 12.4 Å². The van der Waals surface area contributed by atoms with Crippen LogP contribution in [-0.4, -0.2) is 46.7 Å². The van der Waals surface area contributed by atoms with Gasteiger partial charge in [-0.1, -0.05) is 13.8 Å². The summed E-state index contributed by atoms with van der Waals surface area (Å²) in [4.78, 5) is 0. The number of ether oxygens (including phenoxy) is 1. The first kappa shape index (κ1) is 14.9. The van der Waals surface area contributed by atoms with Crippen LogP contribution in [-0.2, 0) is 14.6 Å². The Balaban J connectivity index is 2.45. The zero-order valence-corrected chi connectivity index (χ0v) is 12.0. The quantitative estimate of drug-likeness (QED) is 0.746. The normalized spacial score (nSPS) is 25.6. The Hall–Kier alpha value is -0.130. The monoisotopic (exact) mass is 263 g/mol. The Morgan fingerprint density at radius 2 is 2.12 bits per heavy atom. The van der Waals surface area contributed by atoms with Crippen molar-refractivity contribution in [3.05, 3.63) is 0 Å². The minimum Gasteiger partial charge on any atom is -0.381 e. The molecule has 5 heteroatoms. The average molecular weight is 263 g/mol. The second-order valence-electron chi connectivity index (χ2n) is 5.71. The molecule has 0 saturated carbocycles. The maximum Gasteiger partial charge on any atom is 0.147 e. The summed E-state index contributed by atoms with van der Waals surface area (Å²) in [6, 6.07) is 0. The van der Waals surface area contributed by atoms with Gasteiger partial charge >= 0.3 is 0 Å². The minimum atomic E-state index is -2.87. The van der Waals surface area contributed by atoms with E-state index in [1.54, 1.807) is 0 Å². The van der Waals surface area contributed by atoms with Gasteiger partial charge in [-0.2, -0.15) is 0 Å². The molecule has 1 aliphatic heterocycles. The van der Waals surface area contributed by atoms with Crippen LogP contribution in [0.4, 0.5) is 0 Å². The third-order valence-electron chi connectivity index (χ3n) is 3.24. The van der Waals surface area contributed by atoms with Crippen LogP contribution < -0.4 is 5.32 Å². The Morgan fingerprint density at radius 3 is 2.59 bits per heavy atom. The van der Waals surface area contributed by atoms with Crippen molar-refractivity contribution in [3.8, 4) is 0 Å². The Kier molecular flexibility index (Phi) is 5.41. The van der Waals surface area contributed by atoms with Gasteiger partial charge in [0.25, 0.3) is 0 Å². The van der Waals surface area contributed by atoms with Crippen LogP contribution in [0.25, 0.3) is 0 Å². The van der Waals surface area contributed by atoms with E-state index in [9.17, 15) is 8.42 Å². The lowest BCUT2D eigenvalue weighted by atomic mass is 9.84. The zero-order chi connectivity index (χ0) is 12.9. The molecule has 1 atom stereocenters. The second kappa shape index (κ2) is 6.16. The molecule has 102 valence electrons. The van der Waals surface area contributed by atoms with Gasteiger partial charge in [0, 0.05) is 24.8 Å². The van der Waals surface area contributed by atoms with Crippen molar-refractivity contribution < 1.29 is 13.2 Å². The lowest BCUT2D eigenvalue weighted by molar-refractivity contribution is 0.147. The van der Waals surface area contributed by atoms with E-state index in [1.807, 2.05) is 0 Å². The molecule has 0 bridgehead atoms. The Labute approximate surface area is 105 Å². The fourth-order valence-electron chi connectivity index (χ4n) is 2.10. The highest BCUT2D eigenvalue weighted by Crippen LogP contribution is 2.32. The summed E-state index contributed by atoms with van der Waals surface area (Å²) in [7, 11) is -2.87. The molecule has 1 N–H and O–H groups in total. The van der Waals surface area contributed by atoms with Crippen LogP contribution in [0.15, 0.2) is 0 Å². The molecule has 1 rings (SSSR count). The standard InChI is InChI=1S/C12H25NO3S/c1-11(2)8-13-9-12(4-6-16-10-12)5-7-17(3,14)15/h11,13H,4-10H2,1-3H3. The highest BCUT2D eigenvalue weighted by atomic mass is 32.2. The first-order valence-electron chi connectivity index (χ1n) is 6.29. The molecule has 1 saturated heterocycles. The zero-order valence-electron chi connectivity index (χ0n) is 11.2. The molecule has 1 heterocycles. The van der Waals surface area contributed by atoms with Crippen molar-refractivity contribution in [1.82, 2.24) is 5.32 Å². The molecule has 0 aliphatic carbocycles. The third-order valence-corrected chi connectivity index (χ3v) is 4.19. The van der Waals surface area contributed by atoms with Crippen molar-refractivity contribution in [1.29, 1.82) is 0 Å². The maximum absolute atomic E-state index is 11.3. The fourth-order valence-corrected chi connectivity index (χ4v) is 2.91. The van der Waals surface area contributed by atoms with Gasteiger partial charge in [-0.3, -0.25) is 0 Å². The van der Waals surface area contributed by atoms with E-state index < -0.39 is 9.84 Å².